The summed E-state index contributed by atoms with van der Waals surface area (Å²) in [5.74, 6) is -1.03. The molecule has 0 aromatic carbocycles. The molecule has 112 valence electrons. The SMILES string of the molecule is CCCCOC(=O)CN1C(=O)S/C(=C/c2ccc[nH]2)C1=O. The molecule has 6 nitrogen and oxygen atoms in total. The van der Waals surface area contributed by atoms with Crippen molar-refractivity contribution in [2.45, 2.75) is 19.8 Å². The molecule has 0 unspecified atom stereocenters. The number of imide groups is 1. The van der Waals surface area contributed by atoms with Gasteiger partial charge in [-0.2, -0.15) is 0 Å². The van der Waals surface area contributed by atoms with E-state index < -0.39 is 17.1 Å². The molecule has 21 heavy (non-hydrogen) atoms. The first kappa shape index (κ1) is 15.4. The van der Waals surface area contributed by atoms with Crippen molar-refractivity contribution in [1.29, 1.82) is 0 Å². The lowest BCUT2D eigenvalue weighted by atomic mass is 10.3. The highest BCUT2D eigenvalue weighted by atomic mass is 32.2. The van der Waals surface area contributed by atoms with Gasteiger partial charge < -0.3 is 9.72 Å². The van der Waals surface area contributed by atoms with Gasteiger partial charge in [0, 0.05) is 11.9 Å². The summed E-state index contributed by atoms with van der Waals surface area (Å²) in [4.78, 5) is 39.6. The van der Waals surface area contributed by atoms with E-state index in [4.69, 9.17) is 4.74 Å². The van der Waals surface area contributed by atoms with Crippen molar-refractivity contribution in [2.75, 3.05) is 13.2 Å². The average molecular weight is 308 g/mol. The van der Waals surface area contributed by atoms with Crippen LogP contribution in [0.15, 0.2) is 23.2 Å². The molecule has 1 fully saturated rings. The zero-order valence-electron chi connectivity index (χ0n) is 11.6. The van der Waals surface area contributed by atoms with E-state index in [1.54, 1.807) is 24.4 Å². The van der Waals surface area contributed by atoms with Crippen molar-refractivity contribution in [2.24, 2.45) is 0 Å². The largest absolute Gasteiger partial charge is 0.464 e. The standard InChI is InChI=1S/C14H16N2O4S/c1-2-3-7-20-12(17)9-16-13(18)11(21-14(16)19)8-10-5-4-6-15-10/h4-6,8,15H,2-3,7,9H2,1H3/b11-8+. The number of rotatable bonds is 6. The number of unbranched alkanes of at least 4 members (excludes halogenated alkanes) is 1. The number of thioether (sulfide) groups is 1. The van der Waals surface area contributed by atoms with Crippen LogP contribution >= 0.6 is 11.8 Å². The van der Waals surface area contributed by atoms with Gasteiger partial charge in [-0.15, -0.1) is 0 Å². The van der Waals surface area contributed by atoms with Crippen LogP contribution in [0.2, 0.25) is 0 Å². The topological polar surface area (TPSA) is 79.5 Å². The molecule has 0 aliphatic carbocycles. The molecule has 1 aliphatic heterocycles. The highest BCUT2D eigenvalue weighted by Gasteiger charge is 2.36. The van der Waals surface area contributed by atoms with Gasteiger partial charge >= 0.3 is 5.97 Å². The fraction of sp³-hybridized carbons (Fsp3) is 0.357. The number of aromatic amines is 1. The van der Waals surface area contributed by atoms with Crippen molar-refractivity contribution in [1.82, 2.24) is 9.88 Å². The van der Waals surface area contributed by atoms with E-state index in [2.05, 4.69) is 4.98 Å². The Bertz CT molecular complexity index is 566. The zero-order valence-corrected chi connectivity index (χ0v) is 12.4. The fourth-order valence-corrected chi connectivity index (χ4v) is 2.55. The number of ether oxygens (including phenoxy) is 1. The molecule has 7 heteroatoms. The summed E-state index contributed by atoms with van der Waals surface area (Å²) in [6.45, 7) is 1.95. The highest BCUT2D eigenvalue weighted by molar-refractivity contribution is 8.18. The molecule has 1 aliphatic rings. The van der Waals surface area contributed by atoms with Gasteiger partial charge in [-0.25, -0.2) is 0 Å². The van der Waals surface area contributed by atoms with Gasteiger partial charge in [0.05, 0.1) is 11.5 Å². The Hall–Kier alpha value is -2.02. The average Bonchev–Trinajstić information content (AvgIpc) is 3.04. The zero-order chi connectivity index (χ0) is 15.2. The van der Waals surface area contributed by atoms with Crippen LogP contribution in [-0.4, -0.2) is 40.2 Å². The van der Waals surface area contributed by atoms with E-state index in [-0.39, 0.29) is 6.54 Å². The number of esters is 1. The summed E-state index contributed by atoms with van der Waals surface area (Å²) in [6, 6.07) is 3.58. The predicted molar refractivity (Wildman–Crippen MR) is 79.3 cm³/mol. The molecule has 2 amide bonds. The van der Waals surface area contributed by atoms with Gasteiger partial charge in [0.1, 0.15) is 6.54 Å². The third-order valence-electron chi connectivity index (χ3n) is 2.83. The first-order chi connectivity index (χ1) is 10.1. The highest BCUT2D eigenvalue weighted by Crippen LogP contribution is 2.31. The van der Waals surface area contributed by atoms with Crippen molar-refractivity contribution in [3.8, 4) is 0 Å². The summed E-state index contributed by atoms with van der Waals surface area (Å²) < 4.78 is 4.96. The van der Waals surface area contributed by atoms with Crippen molar-refractivity contribution in [3.63, 3.8) is 0 Å². The number of amides is 2. The second kappa shape index (κ2) is 7.12. The summed E-state index contributed by atoms with van der Waals surface area (Å²) in [5.41, 5.74) is 0.728. The summed E-state index contributed by atoms with van der Waals surface area (Å²) in [5, 5.41) is -0.453. The second-order valence-corrected chi connectivity index (χ2v) is 5.46. The molecule has 2 heterocycles. The molecule has 2 rings (SSSR count). The number of hydrogen-bond acceptors (Lipinski definition) is 5. The number of carbonyl (C=O) groups excluding carboxylic acids is 3. The summed E-state index contributed by atoms with van der Waals surface area (Å²) >= 11 is 0.821. The van der Waals surface area contributed by atoms with Crippen LogP contribution in [-0.2, 0) is 14.3 Å². The van der Waals surface area contributed by atoms with Crippen LogP contribution < -0.4 is 0 Å². The molecule has 1 aromatic rings. The Labute approximate surface area is 126 Å². The number of nitrogens with zero attached hydrogens (tertiary/aromatic N) is 1. The lowest BCUT2D eigenvalue weighted by molar-refractivity contribution is -0.146. The van der Waals surface area contributed by atoms with E-state index in [0.717, 1.165) is 35.2 Å². The van der Waals surface area contributed by atoms with Crippen molar-refractivity contribution < 1.29 is 19.1 Å². The predicted octanol–water partition coefficient (Wildman–Crippen LogP) is 2.39. The van der Waals surface area contributed by atoms with E-state index in [1.165, 1.54) is 0 Å². The smallest absolute Gasteiger partial charge is 0.326 e. The molecule has 1 aromatic heterocycles. The van der Waals surface area contributed by atoms with E-state index in [0.29, 0.717) is 11.5 Å². The van der Waals surface area contributed by atoms with Gasteiger partial charge in [-0.3, -0.25) is 19.3 Å². The Balaban J connectivity index is 1.97. The minimum atomic E-state index is -0.563. The minimum Gasteiger partial charge on any atom is -0.464 e. The quantitative estimate of drug-likeness (QED) is 0.496. The maximum Gasteiger partial charge on any atom is 0.326 e. The Kier molecular flexibility index (Phi) is 5.21. The number of aromatic nitrogens is 1. The lowest BCUT2D eigenvalue weighted by Crippen LogP contribution is -2.34. The van der Waals surface area contributed by atoms with E-state index >= 15 is 0 Å². The normalized spacial score (nSPS) is 16.8. The van der Waals surface area contributed by atoms with Crippen molar-refractivity contribution >= 4 is 35.0 Å². The number of hydrogen-bond donors (Lipinski definition) is 1. The lowest BCUT2D eigenvalue weighted by Gasteiger charge is -2.11. The van der Waals surface area contributed by atoms with Crippen LogP contribution in [0.4, 0.5) is 4.79 Å². The third-order valence-corrected chi connectivity index (χ3v) is 3.74. The van der Waals surface area contributed by atoms with Gasteiger partial charge in [0.2, 0.25) is 0 Å². The molecule has 0 atom stereocenters. The molecule has 1 N–H and O–H groups in total. The molecular weight excluding hydrogens is 292 g/mol. The first-order valence-corrected chi connectivity index (χ1v) is 7.48. The van der Waals surface area contributed by atoms with E-state index in [1.807, 2.05) is 6.92 Å². The molecule has 0 spiro atoms. The van der Waals surface area contributed by atoms with Gasteiger partial charge in [-0.1, -0.05) is 13.3 Å². The molecule has 1 saturated heterocycles. The molecule has 0 saturated carbocycles. The second-order valence-electron chi connectivity index (χ2n) is 4.47. The number of nitrogens with one attached hydrogen (secondary N) is 1. The van der Waals surface area contributed by atoms with Crippen LogP contribution in [0.25, 0.3) is 6.08 Å². The van der Waals surface area contributed by atoms with Gasteiger partial charge in [0.25, 0.3) is 11.1 Å². The third kappa shape index (κ3) is 3.98. The van der Waals surface area contributed by atoms with Gasteiger partial charge in [-0.05, 0) is 36.4 Å². The van der Waals surface area contributed by atoms with Crippen LogP contribution in [0, 0.1) is 0 Å². The first-order valence-electron chi connectivity index (χ1n) is 6.66. The minimum absolute atomic E-state index is 0.295. The summed E-state index contributed by atoms with van der Waals surface area (Å²) in [6.07, 6.45) is 4.99. The van der Waals surface area contributed by atoms with E-state index in [9.17, 15) is 14.4 Å². The Morgan fingerprint density at radius 1 is 1.48 bits per heavy atom. The molecular formula is C14H16N2O4S. The fourth-order valence-electron chi connectivity index (χ4n) is 1.72. The molecule has 0 radical (unpaired) electrons. The van der Waals surface area contributed by atoms with Crippen molar-refractivity contribution in [3.05, 3.63) is 28.9 Å². The Morgan fingerprint density at radius 3 is 2.95 bits per heavy atom. The number of H-pyrrole nitrogens is 1. The van der Waals surface area contributed by atoms with Crippen LogP contribution in [0.3, 0.4) is 0 Å². The van der Waals surface area contributed by atoms with Gasteiger partial charge in [0.15, 0.2) is 0 Å². The molecule has 0 bridgehead atoms. The van der Waals surface area contributed by atoms with Crippen LogP contribution in [0.5, 0.6) is 0 Å². The summed E-state index contributed by atoms with van der Waals surface area (Å²) in [7, 11) is 0. The van der Waals surface area contributed by atoms with Crippen LogP contribution in [0.1, 0.15) is 25.5 Å². The Morgan fingerprint density at radius 2 is 2.29 bits per heavy atom. The number of carbonyl (C=O) groups is 3. The monoisotopic (exact) mass is 308 g/mol. The maximum atomic E-state index is 12.1. The maximum absolute atomic E-state index is 12.1.